The highest BCUT2D eigenvalue weighted by Crippen LogP contribution is 2.23. The van der Waals surface area contributed by atoms with E-state index in [4.69, 9.17) is 0 Å². The summed E-state index contributed by atoms with van der Waals surface area (Å²) in [5, 5.41) is 5.75. The number of hydrogen-bond acceptors (Lipinski definition) is 3. The number of amides is 1. The number of pyridine rings is 1. The number of carbonyl (C=O) groups excluding carboxylic acids is 1. The van der Waals surface area contributed by atoms with Gasteiger partial charge >= 0.3 is 0 Å². The van der Waals surface area contributed by atoms with Gasteiger partial charge in [-0.15, -0.1) is 0 Å². The molecule has 0 aliphatic carbocycles. The summed E-state index contributed by atoms with van der Waals surface area (Å²) in [5.41, 5.74) is 0.991. The number of nitrogens with zero attached hydrogens (tertiary/aromatic N) is 1. The van der Waals surface area contributed by atoms with E-state index in [0.717, 1.165) is 6.54 Å². The Bertz CT molecular complexity index is 634. The van der Waals surface area contributed by atoms with Gasteiger partial charge in [0.15, 0.2) is 0 Å². The Balaban J connectivity index is 2.17. The van der Waals surface area contributed by atoms with Gasteiger partial charge in [0, 0.05) is 22.8 Å². The fraction of sp³-hybridized carbons (Fsp3) is 0.143. The number of anilines is 2. The molecule has 1 aromatic carbocycles. The van der Waals surface area contributed by atoms with E-state index in [-0.39, 0.29) is 11.7 Å². The van der Waals surface area contributed by atoms with Crippen molar-refractivity contribution in [3.05, 3.63) is 52.4 Å². The summed E-state index contributed by atoms with van der Waals surface area (Å²) in [6.45, 7) is 2.67. The van der Waals surface area contributed by atoms with Crippen LogP contribution in [0.15, 0.2) is 41.0 Å². The van der Waals surface area contributed by atoms with Crippen molar-refractivity contribution in [2.45, 2.75) is 6.92 Å². The Morgan fingerprint density at radius 1 is 1.35 bits per heavy atom. The summed E-state index contributed by atoms with van der Waals surface area (Å²) in [6, 6.07) is 7.37. The molecule has 0 spiro atoms. The third-order valence-electron chi connectivity index (χ3n) is 2.56. The number of nitrogens with one attached hydrogen (secondary N) is 2. The highest BCUT2D eigenvalue weighted by atomic mass is 79.9. The highest BCUT2D eigenvalue weighted by Gasteiger charge is 2.09. The van der Waals surface area contributed by atoms with Crippen LogP contribution in [0.2, 0.25) is 0 Å². The lowest BCUT2D eigenvalue weighted by Crippen LogP contribution is -2.13. The lowest BCUT2D eigenvalue weighted by molar-refractivity contribution is 0.102. The van der Waals surface area contributed by atoms with Crippen LogP contribution in [0.5, 0.6) is 0 Å². The monoisotopic (exact) mass is 337 g/mol. The Morgan fingerprint density at radius 2 is 2.15 bits per heavy atom. The molecule has 0 saturated heterocycles. The molecular formula is C14H13BrFN3O. The van der Waals surface area contributed by atoms with Gasteiger partial charge in [0.05, 0.1) is 5.69 Å². The predicted molar refractivity (Wildman–Crippen MR) is 80.5 cm³/mol. The second-order valence-corrected chi connectivity index (χ2v) is 4.89. The SMILES string of the molecule is CCNc1cc(C(=O)Nc2ccc(F)cc2Br)ccn1. The van der Waals surface area contributed by atoms with Gasteiger partial charge in [0.2, 0.25) is 0 Å². The van der Waals surface area contributed by atoms with Crippen LogP contribution in [0.3, 0.4) is 0 Å². The first kappa shape index (κ1) is 14.5. The molecule has 0 radical (unpaired) electrons. The molecule has 0 aliphatic heterocycles. The normalized spacial score (nSPS) is 10.2. The van der Waals surface area contributed by atoms with Crippen molar-refractivity contribution in [2.75, 3.05) is 17.2 Å². The molecule has 1 aromatic heterocycles. The molecule has 4 nitrogen and oxygen atoms in total. The first-order valence-corrected chi connectivity index (χ1v) is 6.85. The quantitative estimate of drug-likeness (QED) is 0.894. The topological polar surface area (TPSA) is 54.0 Å². The predicted octanol–water partition coefficient (Wildman–Crippen LogP) is 3.67. The second-order valence-electron chi connectivity index (χ2n) is 4.04. The van der Waals surface area contributed by atoms with Gasteiger partial charge in [-0.2, -0.15) is 0 Å². The summed E-state index contributed by atoms with van der Waals surface area (Å²) in [5.74, 6) is -0.00889. The van der Waals surface area contributed by atoms with Gasteiger partial charge in [-0.1, -0.05) is 0 Å². The summed E-state index contributed by atoms with van der Waals surface area (Å²) >= 11 is 3.21. The molecule has 0 saturated carbocycles. The first-order valence-electron chi connectivity index (χ1n) is 6.06. The van der Waals surface area contributed by atoms with E-state index in [0.29, 0.717) is 21.5 Å². The number of rotatable bonds is 4. The van der Waals surface area contributed by atoms with Gasteiger partial charge < -0.3 is 10.6 Å². The third kappa shape index (κ3) is 3.54. The summed E-state index contributed by atoms with van der Waals surface area (Å²) < 4.78 is 13.5. The second kappa shape index (κ2) is 6.47. The molecule has 0 fully saturated rings. The maximum Gasteiger partial charge on any atom is 0.255 e. The van der Waals surface area contributed by atoms with Crippen LogP contribution in [-0.4, -0.2) is 17.4 Å². The zero-order valence-corrected chi connectivity index (χ0v) is 12.4. The van der Waals surface area contributed by atoms with Gasteiger partial charge in [0.25, 0.3) is 5.91 Å². The number of hydrogen-bond donors (Lipinski definition) is 2. The van der Waals surface area contributed by atoms with E-state index in [1.54, 1.807) is 18.3 Å². The fourth-order valence-electron chi connectivity index (χ4n) is 1.63. The fourth-order valence-corrected chi connectivity index (χ4v) is 2.08. The zero-order valence-electron chi connectivity index (χ0n) is 10.8. The minimum Gasteiger partial charge on any atom is -0.370 e. The molecule has 20 heavy (non-hydrogen) atoms. The molecule has 6 heteroatoms. The molecule has 2 rings (SSSR count). The van der Waals surface area contributed by atoms with Gasteiger partial charge in [0.1, 0.15) is 11.6 Å². The van der Waals surface area contributed by atoms with Gasteiger partial charge in [-0.3, -0.25) is 4.79 Å². The van der Waals surface area contributed by atoms with Crippen LogP contribution in [0, 0.1) is 5.82 Å². The van der Waals surface area contributed by atoms with Crippen molar-refractivity contribution in [3.63, 3.8) is 0 Å². The molecule has 1 heterocycles. The zero-order chi connectivity index (χ0) is 14.5. The maximum absolute atomic E-state index is 13.0. The van der Waals surface area contributed by atoms with Crippen LogP contribution in [0.25, 0.3) is 0 Å². The minimum atomic E-state index is -0.367. The molecule has 2 N–H and O–H groups in total. The molecule has 104 valence electrons. The minimum absolute atomic E-state index is 0.279. The Labute approximate surface area is 124 Å². The van der Waals surface area contributed by atoms with E-state index in [2.05, 4.69) is 31.5 Å². The van der Waals surface area contributed by atoms with E-state index < -0.39 is 0 Å². The summed E-state index contributed by atoms with van der Waals surface area (Å²) in [4.78, 5) is 16.2. The standard InChI is InChI=1S/C14H13BrFN3O/c1-2-17-13-7-9(5-6-18-13)14(20)19-12-4-3-10(16)8-11(12)15/h3-8H,2H2,1H3,(H,17,18)(H,19,20). The van der Waals surface area contributed by atoms with E-state index >= 15 is 0 Å². The summed E-state index contributed by atoms with van der Waals surface area (Å²) in [7, 11) is 0. The molecule has 0 unspecified atom stereocenters. The van der Waals surface area contributed by atoms with Crippen molar-refractivity contribution in [2.24, 2.45) is 0 Å². The van der Waals surface area contributed by atoms with Crippen LogP contribution in [0.4, 0.5) is 15.9 Å². The smallest absolute Gasteiger partial charge is 0.255 e. The Hall–Kier alpha value is -1.95. The van der Waals surface area contributed by atoms with E-state index in [1.807, 2.05) is 6.92 Å². The molecule has 0 atom stereocenters. The highest BCUT2D eigenvalue weighted by molar-refractivity contribution is 9.10. The van der Waals surface area contributed by atoms with Crippen LogP contribution < -0.4 is 10.6 Å². The first-order chi connectivity index (χ1) is 9.60. The van der Waals surface area contributed by atoms with Crippen molar-refractivity contribution in [1.29, 1.82) is 0 Å². The average molecular weight is 338 g/mol. The number of carbonyl (C=O) groups is 1. The largest absolute Gasteiger partial charge is 0.370 e. The van der Waals surface area contributed by atoms with Crippen molar-refractivity contribution < 1.29 is 9.18 Å². The van der Waals surface area contributed by atoms with Gasteiger partial charge in [-0.25, -0.2) is 9.37 Å². The van der Waals surface area contributed by atoms with E-state index in [9.17, 15) is 9.18 Å². The van der Waals surface area contributed by atoms with Crippen LogP contribution in [-0.2, 0) is 0 Å². The Kier molecular flexibility index (Phi) is 4.68. The molecule has 0 aliphatic rings. The van der Waals surface area contributed by atoms with Crippen molar-refractivity contribution >= 4 is 33.3 Å². The molecule has 1 amide bonds. The Morgan fingerprint density at radius 3 is 2.85 bits per heavy atom. The maximum atomic E-state index is 13.0. The van der Waals surface area contributed by atoms with Crippen LogP contribution >= 0.6 is 15.9 Å². The number of aromatic nitrogens is 1. The van der Waals surface area contributed by atoms with Crippen molar-refractivity contribution in [3.8, 4) is 0 Å². The van der Waals surface area contributed by atoms with Crippen LogP contribution in [0.1, 0.15) is 17.3 Å². The lowest BCUT2D eigenvalue weighted by Gasteiger charge is -2.08. The third-order valence-corrected chi connectivity index (χ3v) is 3.22. The average Bonchev–Trinajstić information content (AvgIpc) is 2.42. The summed E-state index contributed by atoms with van der Waals surface area (Å²) in [6.07, 6.45) is 1.56. The molecule has 2 aromatic rings. The number of benzene rings is 1. The molecular weight excluding hydrogens is 325 g/mol. The lowest BCUT2D eigenvalue weighted by atomic mass is 10.2. The van der Waals surface area contributed by atoms with Crippen molar-refractivity contribution in [1.82, 2.24) is 4.98 Å². The number of halogens is 2. The van der Waals surface area contributed by atoms with Gasteiger partial charge in [-0.05, 0) is 53.2 Å². The van der Waals surface area contributed by atoms with E-state index in [1.165, 1.54) is 18.2 Å². The molecule has 0 bridgehead atoms.